The maximum Gasteiger partial charge on any atom is 0.241 e. The molecule has 0 spiro atoms. The molecule has 0 amide bonds. The normalized spacial score (nSPS) is 11.6. The lowest BCUT2D eigenvalue weighted by atomic mass is 10.1. The molecule has 1 N–H and O–H groups in total. The Hall–Kier alpha value is -1.65. The summed E-state index contributed by atoms with van der Waals surface area (Å²) in [5, 5.41) is 0. The molecule has 2 aromatic rings. The van der Waals surface area contributed by atoms with Crippen molar-refractivity contribution in [3.63, 3.8) is 0 Å². The summed E-state index contributed by atoms with van der Waals surface area (Å²) in [7, 11) is -3.44. The lowest BCUT2D eigenvalue weighted by Gasteiger charge is -2.13. The van der Waals surface area contributed by atoms with Gasteiger partial charge in [-0.2, -0.15) is 0 Å². The molecule has 0 saturated carbocycles. The molecule has 0 aliphatic rings. The summed E-state index contributed by atoms with van der Waals surface area (Å²) in [5.74, 6) is 0. The zero-order valence-corrected chi connectivity index (χ0v) is 14.2. The molecule has 0 fully saturated rings. The van der Waals surface area contributed by atoms with Crippen molar-refractivity contribution < 1.29 is 8.42 Å². The average Bonchev–Trinajstić information content (AvgIpc) is 2.43. The van der Waals surface area contributed by atoms with Gasteiger partial charge in [0.25, 0.3) is 0 Å². The van der Waals surface area contributed by atoms with Gasteiger partial charge in [-0.15, -0.1) is 0 Å². The minimum absolute atomic E-state index is 0.415. The smallest absolute Gasteiger partial charge is 0.211 e. The second kappa shape index (κ2) is 7.07. The van der Waals surface area contributed by atoms with Crippen LogP contribution in [0, 0.1) is 20.8 Å². The highest BCUT2D eigenvalue weighted by Gasteiger charge is 2.19. The Bertz CT molecular complexity index is 714. The Morgan fingerprint density at radius 2 is 1.55 bits per heavy atom. The van der Waals surface area contributed by atoms with Gasteiger partial charge >= 0.3 is 0 Å². The summed E-state index contributed by atoms with van der Waals surface area (Å²) < 4.78 is 27.7. The van der Waals surface area contributed by atoms with Crippen molar-refractivity contribution in [3.8, 4) is 0 Å². The lowest BCUT2D eigenvalue weighted by molar-refractivity contribution is 0.577. The fourth-order valence-corrected chi connectivity index (χ4v) is 4.33. The first kappa shape index (κ1) is 16.7. The number of benzene rings is 2. The summed E-state index contributed by atoms with van der Waals surface area (Å²) in [5.41, 5.74) is 3.91. The molecule has 22 heavy (non-hydrogen) atoms. The first-order valence-corrected chi connectivity index (χ1v) is 9.00. The molecule has 0 radical (unpaired) electrons. The van der Waals surface area contributed by atoms with E-state index < -0.39 is 10.0 Å². The molecular weight excluding hydrogens is 294 g/mol. The van der Waals surface area contributed by atoms with Crippen molar-refractivity contribution in [2.24, 2.45) is 0 Å². The van der Waals surface area contributed by atoms with E-state index in [9.17, 15) is 8.42 Å². The van der Waals surface area contributed by atoms with Crippen LogP contribution >= 0.6 is 0 Å². The molecule has 0 bridgehead atoms. The molecule has 3 nitrogen and oxygen atoms in total. The fraction of sp³-hybridized carbons (Fsp3) is 0.333. The third-order valence-electron chi connectivity index (χ3n) is 3.65. The van der Waals surface area contributed by atoms with Gasteiger partial charge in [0.05, 0.1) is 4.90 Å². The zero-order valence-electron chi connectivity index (χ0n) is 13.4. The van der Waals surface area contributed by atoms with Gasteiger partial charge in [-0.25, -0.2) is 13.1 Å². The van der Waals surface area contributed by atoms with Crippen LogP contribution in [0.3, 0.4) is 0 Å². The molecule has 0 aliphatic heterocycles. The maximum atomic E-state index is 12.5. The van der Waals surface area contributed by atoms with E-state index >= 15 is 0 Å². The second-order valence-electron chi connectivity index (χ2n) is 5.71. The van der Waals surface area contributed by atoms with Crippen molar-refractivity contribution in [3.05, 3.63) is 64.7 Å². The Kier molecular flexibility index (Phi) is 5.37. The number of hydrogen-bond donors (Lipinski definition) is 1. The minimum Gasteiger partial charge on any atom is -0.211 e. The van der Waals surface area contributed by atoms with E-state index in [1.165, 1.54) is 5.56 Å². The van der Waals surface area contributed by atoms with E-state index in [1.807, 2.05) is 51.1 Å². The fourth-order valence-electron chi connectivity index (χ4n) is 2.81. The molecule has 4 heteroatoms. The highest BCUT2D eigenvalue weighted by Crippen LogP contribution is 2.21. The van der Waals surface area contributed by atoms with Crippen molar-refractivity contribution in [2.75, 3.05) is 6.54 Å². The van der Waals surface area contributed by atoms with Gasteiger partial charge in [-0.05, 0) is 50.3 Å². The Morgan fingerprint density at radius 1 is 0.955 bits per heavy atom. The highest BCUT2D eigenvalue weighted by atomic mass is 32.2. The number of rotatable bonds is 6. The minimum atomic E-state index is -3.44. The summed E-state index contributed by atoms with van der Waals surface area (Å²) in [6.45, 7) is 6.12. The van der Waals surface area contributed by atoms with Crippen LogP contribution in [0.1, 0.15) is 28.7 Å². The Balaban J connectivity index is 2.00. The molecule has 118 valence electrons. The van der Waals surface area contributed by atoms with E-state index in [4.69, 9.17) is 0 Å². The first-order chi connectivity index (χ1) is 10.4. The second-order valence-corrected chi connectivity index (χ2v) is 7.42. The summed E-state index contributed by atoms with van der Waals surface area (Å²) in [6.07, 6.45) is 1.66. The molecule has 0 saturated heterocycles. The number of hydrogen-bond acceptors (Lipinski definition) is 2. The topological polar surface area (TPSA) is 46.2 Å². The number of nitrogens with one attached hydrogen (secondary N) is 1. The molecular formula is C18H23NO2S. The third kappa shape index (κ3) is 4.18. The van der Waals surface area contributed by atoms with Gasteiger partial charge in [-0.3, -0.25) is 0 Å². The van der Waals surface area contributed by atoms with E-state index in [1.54, 1.807) is 0 Å². The van der Waals surface area contributed by atoms with Crippen molar-refractivity contribution in [1.82, 2.24) is 4.72 Å². The highest BCUT2D eigenvalue weighted by molar-refractivity contribution is 7.89. The molecule has 0 atom stereocenters. The molecule has 2 aromatic carbocycles. The average molecular weight is 317 g/mol. The van der Waals surface area contributed by atoms with Crippen molar-refractivity contribution in [2.45, 2.75) is 38.5 Å². The monoisotopic (exact) mass is 317 g/mol. The van der Waals surface area contributed by atoms with Crippen molar-refractivity contribution >= 4 is 10.0 Å². The quantitative estimate of drug-likeness (QED) is 0.829. The molecule has 0 aliphatic carbocycles. The van der Waals surface area contributed by atoms with Crippen LogP contribution in [0.4, 0.5) is 0 Å². The molecule has 0 aromatic heterocycles. The van der Waals surface area contributed by atoms with Crippen LogP contribution in [0.2, 0.25) is 0 Å². The van der Waals surface area contributed by atoms with Crippen molar-refractivity contribution in [1.29, 1.82) is 0 Å². The third-order valence-corrected chi connectivity index (χ3v) is 5.42. The largest absolute Gasteiger partial charge is 0.241 e. The van der Waals surface area contributed by atoms with E-state index in [2.05, 4.69) is 16.9 Å². The zero-order chi connectivity index (χ0) is 16.2. The Labute approximate surface area is 133 Å². The SMILES string of the molecule is Cc1cc(C)c(S(=O)(=O)NCCCc2ccccc2)c(C)c1. The number of sulfonamides is 1. The van der Waals surface area contributed by atoms with E-state index in [0.717, 1.165) is 29.5 Å². The van der Waals surface area contributed by atoms with Gasteiger partial charge < -0.3 is 0 Å². The lowest BCUT2D eigenvalue weighted by Crippen LogP contribution is -2.26. The van der Waals surface area contributed by atoms with Crippen LogP contribution in [0.5, 0.6) is 0 Å². The first-order valence-electron chi connectivity index (χ1n) is 7.51. The predicted molar refractivity (Wildman–Crippen MR) is 90.6 cm³/mol. The molecule has 2 rings (SSSR count). The molecule has 0 unspecified atom stereocenters. The van der Waals surface area contributed by atoms with Crippen LogP contribution in [-0.2, 0) is 16.4 Å². The van der Waals surface area contributed by atoms with Gasteiger partial charge in [-0.1, -0.05) is 48.0 Å². The van der Waals surface area contributed by atoms with E-state index in [0.29, 0.717) is 11.4 Å². The summed E-state index contributed by atoms with van der Waals surface area (Å²) >= 11 is 0. The van der Waals surface area contributed by atoms with Crippen LogP contribution < -0.4 is 4.72 Å². The van der Waals surface area contributed by atoms with Crippen LogP contribution in [0.15, 0.2) is 47.4 Å². The van der Waals surface area contributed by atoms with Gasteiger partial charge in [0.15, 0.2) is 0 Å². The molecule has 0 heterocycles. The Morgan fingerprint density at radius 3 is 2.14 bits per heavy atom. The van der Waals surface area contributed by atoms with Crippen LogP contribution in [-0.4, -0.2) is 15.0 Å². The van der Waals surface area contributed by atoms with E-state index in [-0.39, 0.29) is 0 Å². The standard InChI is InChI=1S/C18H23NO2S/c1-14-12-15(2)18(16(3)13-14)22(20,21)19-11-7-10-17-8-5-4-6-9-17/h4-6,8-9,12-13,19H,7,10-11H2,1-3H3. The van der Waals surface area contributed by atoms with Gasteiger partial charge in [0, 0.05) is 6.54 Å². The van der Waals surface area contributed by atoms with Gasteiger partial charge in [0.2, 0.25) is 10.0 Å². The summed E-state index contributed by atoms with van der Waals surface area (Å²) in [4.78, 5) is 0.415. The maximum absolute atomic E-state index is 12.5. The predicted octanol–water partition coefficient (Wildman–Crippen LogP) is 3.52. The van der Waals surface area contributed by atoms with Crippen LogP contribution in [0.25, 0.3) is 0 Å². The number of aryl methyl sites for hydroxylation is 4. The summed E-state index contributed by atoms with van der Waals surface area (Å²) in [6, 6.07) is 13.9. The van der Waals surface area contributed by atoms with Gasteiger partial charge in [0.1, 0.15) is 0 Å².